The van der Waals surface area contributed by atoms with Crippen molar-refractivity contribution in [1.29, 1.82) is 0 Å². The fraction of sp³-hybridized carbons (Fsp3) is 0.889. The van der Waals surface area contributed by atoms with E-state index < -0.39 is 5.97 Å². The summed E-state index contributed by atoms with van der Waals surface area (Å²) >= 11 is 0. The summed E-state index contributed by atoms with van der Waals surface area (Å²) in [5.74, 6) is -0.811. The number of nitrogens with two attached hydrogens (primary N) is 1. The van der Waals surface area contributed by atoms with Crippen LogP contribution in [0.2, 0.25) is 0 Å². The summed E-state index contributed by atoms with van der Waals surface area (Å²) in [4.78, 5) is 12.5. The molecule has 1 aliphatic carbocycles. The van der Waals surface area contributed by atoms with Crippen molar-refractivity contribution in [3.05, 3.63) is 0 Å². The Kier molecular flexibility index (Phi) is 3.69. The summed E-state index contributed by atoms with van der Waals surface area (Å²) in [6.07, 6.45) is 3.83. The number of carbonyl (C=O) groups is 1. The Hall–Kier alpha value is -0.610. The van der Waals surface area contributed by atoms with Gasteiger partial charge in [0.25, 0.3) is 0 Å². The van der Waals surface area contributed by atoms with Crippen LogP contribution in [0.25, 0.3) is 0 Å². The second kappa shape index (κ2) is 4.58. The van der Waals surface area contributed by atoms with E-state index in [4.69, 9.17) is 10.8 Å². The molecule has 1 fully saturated rings. The molecule has 1 atom stereocenters. The van der Waals surface area contributed by atoms with Crippen LogP contribution in [0, 0.1) is 0 Å². The molecule has 0 saturated heterocycles. The van der Waals surface area contributed by atoms with E-state index in [1.807, 2.05) is 7.05 Å². The Labute approximate surface area is 78.7 Å². The number of hydrogen-bond acceptors (Lipinski definition) is 3. The van der Waals surface area contributed by atoms with Crippen molar-refractivity contribution in [3.63, 3.8) is 0 Å². The van der Waals surface area contributed by atoms with Gasteiger partial charge in [-0.05, 0) is 19.9 Å². The summed E-state index contributed by atoms with van der Waals surface area (Å²) in [7, 11) is 2.02. The molecular weight excluding hydrogens is 168 g/mol. The standard InChI is InChI=1S/C9H18N2O2/c1-11(8-3-2-4-8)6-7(10)5-9(12)13/h7-8H,2-6,10H2,1H3,(H,12,13). The molecule has 0 aromatic rings. The normalized spacial score (nSPS) is 19.9. The quantitative estimate of drug-likeness (QED) is 0.647. The molecule has 0 aromatic heterocycles. The minimum atomic E-state index is -0.811. The average molecular weight is 186 g/mol. The molecule has 4 heteroatoms. The van der Waals surface area contributed by atoms with Crippen LogP contribution in [0.3, 0.4) is 0 Å². The number of carboxylic acid groups (broad SMARTS) is 1. The first-order valence-electron chi connectivity index (χ1n) is 4.77. The predicted octanol–water partition coefficient (Wildman–Crippen LogP) is 0.273. The summed E-state index contributed by atoms with van der Waals surface area (Å²) < 4.78 is 0. The van der Waals surface area contributed by atoms with Crippen LogP contribution in [0.4, 0.5) is 0 Å². The van der Waals surface area contributed by atoms with Crippen molar-refractivity contribution < 1.29 is 9.90 Å². The number of likely N-dealkylation sites (N-methyl/N-ethyl adjacent to an activating group) is 1. The molecule has 1 unspecified atom stereocenters. The third-order valence-electron chi connectivity index (χ3n) is 2.66. The van der Waals surface area contributed by atoms with E-state index in [2.05, 4.69) is 4.90 Å². The molecule has 76 valence electrons. The van der Waals surface area contributed by atoms with Crippen molar-refractivity contribution in [2.24, 2.45) is 5.73 Å². The maximum atomic E-state index is 10.3. The van der Waals surface area contributed by atoms with Crippen LogP contribution in [0.5, 0.6) is 0 Å². The summed E-state index contributed by atoms with van der Waals surface area (Å²) in [5, 5.41) is 8.51. The molecule has 1 rings (SSSR count). The van der Waals surface area contributed by atoms with Gasteiger partial charge in [0.1, 0.15) is 0 Å². The largest absolute Gasteiger partial charge is 0.481 e. The minimum Gasteiger partial charge on any atom is -0.481 e. The molecule has 0 heterocycles. The van der Waals surface area contributed by atoms with E-state index in [1.54, 1.807) is 0 Å². The van der Waals surface area contributed by atoms with Crippen LogP contribution in [-0.2, 0) is 4.79 Å². The Bertz CT molecular complexity index is 180. The summed E-state index contributed by atoms with van der Waals surface area (Å²) in [5.41, 5.74) is 5.67. The van der Waals surface area contributed by atoms with Gasteiger partial charge in [0.05, 0.1) is 6.42 Å². The SMILES string of the molecule is CN(CC(N)CC(=O)O)C1CCC1. The van der Waals surface area contributed by atoms with Gasteiger partial charge in [-0.2, -0.15) is 0 Å². The van der Waals surface area contributed by atoms with E-state index >= 15 is 0 Å². The Morgan fingerprint density at radius 1 is 1.69 bits per heavy atom. The average Bonchev–Trinajstić information content (AvgIpc) is 1.78. The Morgan fingerprint density at radius 3 is 2.69 bits per heavy atom. The number of nitrogens with zero attached hydrogens (tertiary/aromatic N) is 1. The molecule has 13 heavy (non-hydrogen) atoms. The summed E-state index contributed by atoms with van der Waals surface area (Å²) in [6, 6.07) is 0.406. The van der Waals surface area contributed by atoms with Gasteiger partial charge >= 0.3 is 5.97 Å². The second-order valence-electron chi connectivity index (χ2n) is 3.88. The fourth-order valence-electron chi connectivity index (χ4n) is 1.64. The van der Waals surface area contributed by atoms with Crippen molar-refractivity contribution in [2.75, 3.05) is 13.6 Å². The number of rotatable bonds is 5. The first kappa shape index (κ1) is 10.5. The molecule has 1 aliphatic rings. The molecule has 0 aromatic carbocycles. The molecule has 3 N–H and O–H groups in total. The highest BCUT2D eigenvalue weighted by atomic mass is 16.4. The van der Waals surface area contributed by atoms with Crippen LogP contribution >= 0.6 is 0 Å². The van der Waals surface area contributed by atoms with Crippen molar-refractivity contribution in [2.45, 2.75) is 37.8 Å². The van der Waals surface area contributed by atoms with E-state index in [9.17, 15) is 4.79 Å². The van der Waals surface area contributed by atoms with Crippen LogP contribution in [-0.4, -0.2) is 41.7 Å². The lowest BCUT2D eigenvalue weighted by Gasteiger charge is -2.35. The zero-order valence-electron chi connectivity index (χ0n) is 8.07. The highest BCUT2D eigenvalue weighted by Gasteiger charge is 2.23. The van der Waals surface area contributed by atoms with Crippen LogP contribution < -0.4 is 5.73 Å². The first-order chi connectivity index (χ1) is 6.09. The van der Waals surface area contributed by atoms with E-state index in [0.717, 1.165) is 0 Å². The van der Waals surface area contributed by atoms with Crippen molar-refractivity contribution in [1.82, 2.24) is 4.90 Å². The number of aliphatic carboxylic acids is 1. The van der Waals surface area contributed by atoms with E-state index in [-0.39, 0.29) is 12.5 Å². The topological polar surface area (TPSA) is 66.6 Å². The smallest absolute Gasteiger partial charge is 0.304 e. The predicted molar refractivity (Wildman–Crippen MR) is 50.5 cm³/mol. The Balaban J connectivity index is 2.18. The van der Waals surface area contributed by atoms with Gasteiger partial charge in [0, 0.05) is 18.6 Å². The lowest BCUT2D eigenvalue weighted by atomic mass is 9.91. The first-order valence-corrected chi connectivity index (χ1v) is 4.77. The van der Waals surface area contributed by atoms with Gasteiger partial charge < -0.3 is 15.7 Å². The molecule has 4 nitrogen and oxygen atoms in total. The second-order valence-corrected chi connectivity index (χ2v) is 3.88. The lowest BCUT2D eigenvalue weighted by molar-refractivity contribution is -0.137. The van der Waals surface area contributed by atoms with E-state index in [1.165, 1.54) is 19.3 Å². The zero-order valence-corrected chi connectivity index (χ0v) is 8.07. The van der Waals surface area contributed by atoms with Gasteiger partial charge in [-0.15, -0.1) is 0 Å². The molecule has 0 aliphatic heterocycles. The molecule has 1 saturated carbocycles. The molecule has 0 radical (unpaired) electrons. The van der Waals surface area contributed by atoms with Crippen LogP contribution in [0.1, 0.15) is 25.7 Å². The maximum Gasteiger partial charge on any atom is 0.304 e. The number of carboxylic acids is 1. The van der Waals surface area contributed by atoms with Crippen LogP contribution in [0.15, 0.2) is 0 Å². The molecule has 0 amide bonds. The number of hydrogen-bond donors (Lipinski definition) is 2. The minimum absolute atomic E-state index is 0.0665. The van der Waals surface area contributed by atoms with Crippen molar-refractivity contribution >= 4 is 5.97 Å². The van der Waals surface area contributed by atoms with Gasteiger partial charge in [0.15, 0.2) is 0 Å². The molecule has 0 spiro atoms. The Morgan fingerprint density at radius 2 is 2.31 bits per heavy atom. The lowest BCUT2D eigenvalue weighted by Crippen LogP contribution is -2.44. The fourth-order valence-corrected chi connectivity index (χ4v) is 1.64. The van der Waals surface area contributed by atoms with Gasteiger partial charge in [-0.1, -0.05) is 6.42 Å². The van der Waals surface area contributed by atoms with Gasteiger partial charge in [0.2, 0.25) is 0 Å². The zero-order chi connectivity index (χ0) is 9.84. The third-order valence-corrected chi connectivity index (χ3v) is 2.66. The van der Waals surface area contributed by atoms with Crippen molar-refractivity contribution in [3.8, 4) is 0 Å². The molecular formula is C9H18N2O2. The summed E-state index contributed by atoms with van der Waals surface area (Å²) in [6.45, 7) is 0.691. The third kappa shape index (κ3) is 3.32. The highest BCUT2D eigenvalue weighted by Crippen LogP contribution is 2.23. The highest BCUT2D eigenvalue weighted by molar-refractivity contribution is 5.67. The van der Waals surface area contributed by atoms with Gasteiger partial charge in [-0.25, -0.2) is 0 Å². The molecule has 0 bridgehead atoms. The van der Waals surface area contributed by atoms with Gasteiger partial charge in [-0.3, -0.25) is 4.79 Å². The van der Waals surface area contributed by atoms with E-state index in [0.29, 0.717) is 12.6 Å². The maximum absolute atomic E-state index is 10.3. The monoisotopic (exact) mass is 186 g/mol.